The topological polar surface area (TPSA) is 46.4 Å². The summed E-state index contributed by atoms with van der Waals surface area (Å²) in [6.07, 6.45) is 2.31. The summed E-state index contributed by atoms with van der Waals surface area (Å²) < 4.78 is 15.4. The lowest BCUT2D eigenvalue weighted by Crippen LogP contribution is -2.34. The maximum absolute atomic E-state index is 14.0. The molecular weight excluding hydrogens is 257 g/mol. The first-order valence-corrected chi connectivity index (χ1v) is 6.93. The van der Waals surface area contributed by atoms with Crippen molar-refractivity contribution in [2.75, 3.05) is 0 Å². The molecule has 106 valence electrons. The summed E-state index contributed by atoms with van der Waals surface area (Å²) in [4.78, 5) is 16.6. The number of amides is 1. The van der Waals surface area contributed by atoms with E-state index in [-0.39, 0.29) is 11.9 Å². The molecule has 1 amide bonds. The average Bonchev–Trinajstić information content (AvgIpc) is 3.14. The molecule has 0 radical (unpaired) electrons. The molecule has 1 fully saturated rings. The van der Waals surface area contributed by atoms with E-state index < -0.39 is 5.95 Å². The van der Waals surface area contributed by atoms with Gasteiger partial charge in [-0.05, 0) is 45.6 Å². The minimum absolute atomic E-state index is 0.131. The van der Waals surface area contributed by atoms with Crippen LogP contribution in [0.4, 0.5) is 4.39 Å². The van der Waals surface area contributed by atoms with E-state index in [1.807, 2.05) is 13.8 Å². The fourth-order valence-electron chi connectivity index (χ4n) is 2.65. The summed E-state index contributed by atoms with van der Waals surface area (Å²) in [7, 11) is 0. The summed E-state index contributed by atoms with van der Waals surface area (Å²) in [6.45, 7) is 5.64. The SMILES string of the molecule is Cc1cc(C)n2c(F)cc(C(=O)NC(C)C3CC3)c2n1. The molecule has 1 atom stereocenters. The van der Waals surface area contributed by atoms with Crippen LogP contribution in [0.15, 0.2) is 12.1 Å². The van der Waals surface area contributed by atoms with Crippen molar-refractivity contribution in [1.29, 1.82) is 0 Å². The van der Waals surface area contributed by atoms with Crippen molar-refractivity contribution in [3.8, 4) is 0 Å². The highest BCUT2D eigenvalue weighted by molar-refractivity contribution is 6.00. The van der Waals surface area contributed by atoms with E-state index in [1.165, 1.54) is 10.5 Å². The van der Waals surface area contributed by atoms with E-state index in [1.54, 1.807) is 13.0 Å². The van der Waals surface area contributed by atoms with Crippen molar-refractivity contribution >= 4 is 11.6 Å². The van der Waals surface area contributed by atoms with Gasteiger partial charge >= 0.3 is 0 Å². The Labute approximate surface area is 117 Å². The lowest BCUT2D eigenvalue weighted by atomic mass is 10.2. The molecule has 0 aromatic carbocycles. The van der Waals surface area contributed by atoms with Crippen LogP contribution in [0.5, 0.6) is 0 Å². The van der Waals surface area contributed by atoms with Crippen LogP contribution in [-0.4, -0.2) is 21.3 Å². The first kappa shape index (κ1) is 13.1. The summed E-state index contributed by atoms with van der Waals surface area (Å²) in [6, 6.07) is 3.19. The normalized spacial score (nSPS) is 16.4. The molecule has 0 bridgehead atoms. The standard InChI is InChI=1S/C15H18FN3O/c1-8-6-9(2)19-13(16)7-12(14(19)17-8)15(20)18-10(3)11-4-5-11/h6-7,10-11H,4-5H2,1-3H3,(H,18,20). The minimum Gasteiger partial charge on any atom is -0.349 e. The molecule has 0 aliphatic heterocycles. The number of halogens is 1. The number of carbonyl (C=O) groups is 1. The predicted molar refractivity (Wildman–Crippen MR) is 74.3 cm³/mol. The molecule has 2 aromatic heterocycles. The summed E-state index contributed by atoms with van der Waals surface area (Å²) >= 11 is 0. The van der Waals surface area contributed by atoms with Crippen molar-refractivity contribution in [3.05, 3.63) is 35.0 Å². The van der Waals surface area contributed by atoms with Gasteiger partial charge in [-0.25, -0.2) is 4.98 Å². The molecule has 1 unspecified atom stereocenters. The predicted octanol–water partition coefficient (Wildman–Crippen LogP) is 2.62. The van der Waals surface area contributed by atoms with Gasteiger partial charge in [0.25, 0.3) is 5.91 Å². The monoisotopic (exact) mass is 275 g/mol. The van der Waals surface area contributed by atoms with E-state index in [9.17, 15) is 9.18 Å². The Bertz CT molecular complexity index is 688. The van der Waals surface area contributed by atoms with Gasteiger partial charge in [-0.2, -0.15) is 4.39 Å². The number of nitrogens with one attached hydrogen (secondary N) is 1. The van der Waals surface area contributed by atoms with Gasteiger partial charge in [-0.1, -0.05) is 0 Å². The third-order valence-electron chi connectivity index (χ3n) is 3.92. The summed E-state index contributed by atoms with van der Waals surface area (Å²) in [5, 5.41) is 2.94. The van der Waals surface area contributed by atoms with Gasteiger partial charge < -0.3 is 5.32 Å². The maximum atomic E-state index is 14.0. The second-order valence-corrected chi connectivity index (χ2v) is 5.68. The minimum atomic E-state index is -0.450. The van der Waals surface area contributed by atoms with Crippen molar-refractivity contribution in [2.24, 2.45) is 5.92 Å². The van der Waals surface area contributed by atoms with Crippen LogP contribution in [0.2, 0.25) is 0 Å². The molecule has 1 saturated carbocycles. The van der Waals surface area contributed by atoms with Gasteiger partial charge in [0.2, 0.25) is 5.95 Å². The van der Waals surface area contributed by atoms with E-state index >= 15 is 0 Å². The lowest BCUT2D eigenvalue weighted by Gasteiger charge is -2.12. The Morgan fingerprint density at radius 2 is 2.15 bits per heavy atom. The van der Waals surface area contributed by atoms with Crippen molar-refractivity contribution < 1.29 is 9.18 Å². The number of rotatable bonds is 3. The molecule has 3 rings (SSSR count). The van der Waals surface area contributed by atoms with E-state index in [0.29, 0.717) is 17.1 Å². The van der Waals surface area contributed by atoms with Crippen molar-refractivity contribution in [3.63, 3.8) is 0 Å². The van der Waals surface area contributed by atoms with Crippen molar-refractivity contribution in [2.45, 2.75) is 39.7 Å². The Hall–Kier alpha value is -1.91. The van der Waals surface area contributed by atoms with Gasteiger partial charge in [0.05, 0.1) is 5.56 Å². The largest absolute Gasteiger partial charge is 0.349 e. The zero-order valence-corrected chi connectivity index (χ0v) is 11.9. The molecule has 5 heteroatoms. The Morgan fingerprint density at radius 1 is 1.45 bits per heavy atom. The van der Waals surface area contributed by atoms with Gasteiger partial charge in [-0.15, -0.1) is 0 Å². The Balaban J connectivity index is 2.00. The van der Waals surface area contributed by atoms with E-state index in [0.717, 1.165) is 24.2 Å². The lowest BCUT2D eigenvalue weighted by molar-refractivity contribution is 0.0937. The van der Waals surface area contributed by atoms with E-state index in [4.69, 9.17) is 0 Å². The van der Waals surface area contributed by atoms with Crippen LogP contribution in [0, 0.1) is 25.7 Å². The molecular formula is C15H18FN3O. The molecule has 4 nitrogen and oxygen atoms in total. The number of hydrogen-bond acceptors (Lipinski definition) is 2. The highest BCUT2D eigenvalue weighted by atomic mass is 19.1. The maximum Gasteiger partial charge on any atom is 0.255 e. The fraction of sp³-hybridized carbons (Fsp3) is 0.467. The zero-order valence-electron chi connectivity index (χ0n) is 11.9. The molecule has 2 aromatic rings. The summed E-state index contributed by atoms with van der Waals surface area (Å²) in [5.41, 5.74) is 2.21. The molecule has 20 heavy (non-hydrogen) atoms. The molecule has 0 spiro atoms. The first-order valence-electron chi connectivity index (χ1n) is 6.93. The number of fused-ring (bicyclic) bond motifs is 1. The quantitative estimate of drug-likeness (QED) is 0.936. The second-order valence-electron chi connectivity index (χ2n) is 5.68. The van der Waals surface area contributed by atoms with Crippen LogP contribution >= 0.6 is 0 Å². The highest BCUT2D eigenvalue weighted by Gasteiger charge is 2.30. The number of nitrogens with zero attached hydrogens (tertiary/aromatic N) is 2. The van der Waals surface area contributed by atoms with Crippen LogP contribution < -0.4 is 5.32 Å². The third kappa shape index (κ3) is 2.17. The van der Waals surface area contributed by atoms with Gasteiger partial charge in [0, 0.05) is 23.5 Å². The Kier molecular flexibility index (Phi) is 3.00. The zero-order chi connectivity index (χ0) is 14.4. The number of aromatic nitrogens is 2. The third-order valence-corrected chi connectivity index (χ3v) is 3.92. The highest BCUT2D eigenvalue weighted by Crippen LogP contribution is 2.32. The number of aryl methyl sites for hydroxylation is 2. The summed E-state index contributed by atoms with van der Waals surface area (Å²) in [5.74, 6) is -0.133. The van der Waals surface area contributed by atoms with Crippen LogP contribution in [0.25, 0.3) is 5.65 Å². The van der Waals surface area contributed by atoms with E-state index in [2.05, 4.69) is 10.3 Å². The van der Waals surface area contributed by atoms with Gasteiger partial charge in [0.1, 0.15) is 0 Å². The smallest absolute Gasteiger partial charge is 0.255 e. The molecule has 0 saturated heterocycles. The molecule has 1 N–H and O–H groups in total. The molecule has 2 heterocycles. The molecule has 1 aliphatic rings. The van der Waals surface area contributed by atoms with Crippen molar-refractivity contribution in [1.82, 2.24) is 14.7 Å². The van der Waals surface area contributed by atoms with Gasteiger partial charge in [-0.3, -0.25) is 9.20 Å². The van der Waals surface area contributed by atoms with Crippen LogP contribution in [0.1, 0.15) is 41.5 Å². The van der Waals surface area contributed by atoms with Crippen LogP contribution in [-0.2, 0) is 0 Å². The second kappa shape index (κ2) is 4.58. The first-order chi connectivity index (χ1) is 9.47. The number of carbonyl (C=O) groups excluding carboxylic acids is 1. The average molecular weight is 275 g/mol. The number of hydrogen-bond donors (Lipinski definition) is 1. The Morgan fingerprint density at radius 3 is 2.80 bits per heavy atom. The molecule has 1 aliphatic carbocycles. The van der Waals surface area contributed by atoms with Gasteiger partial charge in [0.15, 0.2) is 5.65 Å². The van der Waals surface area contributed by atoms with Crippen LogP contribution in [0.3, 0.4) is 0 Å². The fourth-order valence-corrected chi connectivity index (χ4v) is 2.65.